The van der Waals surface area contributed by atoms with Crippen molar-refractivity contribution in [1.82, 2.24) is 4.98 Å². The average molecular weight is 304 g/mol. The molecule has 0 aliphatic heterocycles. The molecule has 1 aliphatic carbocycles. The molecule has 1 aliphatic rings. The molecule has 0 bridgehead atoms. The minimum absolute atomic E-state index is 0.253. The number of nitrogens with one attached hydrogen (secondary N) is 1. The Morgan fingerprint density at radius 3 is 2.86 bits per heavy atom. The predicted molar refractivity (Wildman–Crippen MR) is 84.7 cm³/mol. The lowest BCUT2D eigenvalue weighted by atomic mass is 9.92. The summed E-state index contributed by atoms with van der Waals surface area (Å²) in [5.74, 6) is -0.253. The van der Waals surface area contributed by atoms with Crippen molar-refractivity contribution in [2.75, 3.05) is 18.5 Å². The van der Waals surface area contributed by atoms with E-state index in [0.717, 1.165) is 48.0 Å². The van der Waals surface area contributed by atoms with Crippen LogP contribution >= 0.6 is 0 Å². The molecule has 1 aromatic heterocycles. The highest BCUT2D eigenvalue weighted by Gasteiger charge is 2.19. The van der Waals surface area contributed by atoms with Gasteiger partial charge in [-0.25, -0.2) is 4.39 Å². The minimum atomic E-state index is -0.816. The summed E-state index contributed by atoms with van der Waals surface area (Å²) in [5, 5.41) is 22.7. The van der Waals surface area contributed by atoms with E-state index in [1.54, 1.807) is 13.0 Å². The zero-order valence-electron chi connectivity index (χ0n) is 12.7. The van der Waals surface area contributed by atoms with Crippen LogP contribution in [0.4, 0.5) is 10.1 Å². The summed E-state index contributed by atoms with van der Waals surface area (Å²) in [5.41, 5.74) is 4.33. The highest BCUT2D eigenvalue weighted by atomic mass is 19.1. The second kappa shape index (κ2) is 6.18. The van der Waals surface area contributed by atoms with Crippen LogP contribution in [0.15, 0.2) is 12.1 Å². The first kappa shape index (κ1) is 15.2. The molecular formula is C17H21FN2O2. The highest BCUT2D eigenvalue weighted by Crippen LogP contribution is 2.34. The third kappa shape index (κ3) is 2.78. The summed E-state index contributed by atoms with van der Waals surface area (Å²) in [6, 6.07) is 3.29. The van der Waals surface area contributed by atoms with E-state index >= 15 is 0 Å². The van der Waals surface area contributed by atoms with Gasteiger partial charge in [0.25, 0.3) is 0 Å². The van der Waals surface area contributed by atoms with Gasteiger partial charge in [0.05, 0.1) is 18.2 Å². The number of benzene rings is 1. The van der Waals surface area contributed by atoms with Gasteiger partial charge in [-0.2, -0.15) is 0 Å². The molecule has 118 valence electrons. The summed E-state index contributed by atoms with van der Waals surface area (Å²) in [4.78, 5) is 4.63. The third-order valence-corrected chi connectivity index (χ3v) is 4.27. The highest BCUT2D eigenvalue weighted by molar-refractivity contribution is 5.94. The van der Waals surface area contributed by atoms with Gasteiger partial charge in [0.2, 0.25) is 0 Å². The fourth-order valence-corrected chi connectivity index (χ4v) is 3.04. The number of anilines is 1. The van der Waals surface area contributed by atoms with Crippen molar-refractivity contribution < 1.29 is 14.6 Å². The Balaban J connectivity index is 2.13. The van der Waals surface area contributed by atoms with Gasteiger partial charge in [-0.05, 0) is 49.8 Å². The van der Waals surface area contributed by atoms with E-state index in [1.165, 1.54) is 6.07 Å². The molecule has 0 fully saturated rings. The molecule has 22 heavy (non-hydrogen) atoms. The van der Waals surface area contributed by atoms with Crippen molar-refractivity contribution in [2.45, 2.75) is 38.7 Å². The normalized spacial score (nSPS) is 15.6. The summed E-state index contributed by atoms with van der Waals surface area (Å²) < 4.78 is 13.8. The van der Waals surface area contributed by atoms with Gasteiger partial charge in [-0.1, -0.05) is 0 Å². The number of aliphatic hydroxyl groups is 2. The van der Waals surface area contributed by atoms with Crippen LogP contribution in [0.25, 0.3) is 10.9 Å². The van der Waals surface area contributed by atoms with Crippen LogP contribution < -0.4 is 5.32 Å². The van der Waals surface area contributed by atoms with Crippen molar-refractivity contribution in [3.05, 3.63) is 34.8 Å². The van der Waals surface area contributed by atoms with Crippen LogP contribution in [-0.2, 0) is 12.8 Å². The second-order valence-corrected chi connectivity index (χ2v) is 5.95. The molecule has 3 N–H and O–H groups in total. The van der Waals surface area contributed by atoms with Crippen molar-refractivity contribution in [2.24, 2.45) is 0 Å². The van der Waals surface area contributed by atoms with Gasteiger partial charge in [-0.3, -0.25) is 4.98 Å². The Labute approximate surface area is 129 Å². The molecule has 1 atom stereocenters. The quantitative estimate of drug-likeness (QED) is 0.811. The molecular weight excluding hydrogens is 283 g/mol. The standard InChI is InChI=1S/C17H21FN2O2/c1-10-6-13-16(7-14(10)18)20-15-5-3-2-4-12(15)17(13)19-8-11(22)9-21/h6-7,11,21-22H,2-5,8-9H2,1H3,(H,19,20)/t11-/m1/s1. The van der Waals surface area contributed by atoms with Crippen LogP contribution in [0.3, 0.4) is 0 Å². The van der Waals surface area contributed by atoms with E-state index in [4.69, 9.17) is 5.11 Å². The number of hydrogen-bond acceptors (Lipinski definition) is 4. The number of aromatic nitrogens is 1. The second-order valence-electron chi connectivity index (χ2n) is 5.95. The number of hydrogen-bond donors (Lipinski definition) is 3. The lowest BCUT2D eigenvalue weighted by Crippen LogP contribution is -2.24. The Kier molecular flexibility index (Phi) is 4.27. The lowest BCUT2D eigenvalue weighted by Gasteiger charge is -2.22. The fourth-order valence-electron chi connectivity index (χ4n) is 3.04. The van der Waals surface area contributed by atoms with Crippen LogP contribution in [0, 0.1) is 12.7 Å². The van der Waals surface area contributed by atoms with Gasteiger partial charge < -0.3 is 15.5 Å². The molecule has 3 rings (SSSR count). The minimum Gasteiger partial charge on any atom is -0.394 e. The molecule has 0 unspecified atom stereocenters. The van der Waals surface area contributed by atoms with Crippen molar-refractivity contribution in [3.63, 3.8) is 0 Å². The summed E-state index contributed by atoms with van der Waals surface area (Å²) in [6.07, 6.45) is 3.23. The smallest absolute Gasteiger partial charge is 0.128 e. The number of aliphatic hydroxyl groups excluding tert-OH is 2. The number of halogens is 1. The number of nitrogens with zero attached hydrogens (tertiary/aromatic N) is 1. The molecule has 0 amide bonds. The van der Waals surface area contributed by atoms with Gasteiger partial charge in [0.1, 0.15) is 5.82 Å². The first-order valence-corrected chi connectivity index (χ1v) is 7.74. The van der Waals surface area contributed by atoms with Crippen molar-refractivity contribution >= 4 is 16.6 Å². The predicted octanol–water partition coefficient (Wildman–Crippen LogP) is 2.33. The Morgan fingerprint density at radius 2 is 2.09 bits per heavy atom. The summed E-state index contributed by atoms with van der Waals surface area (Å²) in [6.45, 7) is 1.71. The summed E-state index contributed by atoms with van der Waals surface area (Å²) in [7, 11) is 0. The van der Waals surface area contributed by atoms with Crippen molar-refractivity contribution in [1.29, 1.82) is 0 Å². The zero-order chi connectivity index (χ0) is 15.7. The molecule has 4 nitrogen and oxygen atoms in total. The number of fused-ring (bicyclic) bond motifs is 2. The third-order valence-electron chi connectivity index (χ3n) is 4.27. The van der Waals surface area contributed by atoms with Gasteiger partial charge >= 0.3 is 0 Å². The molecule has 5 heteroatoms. The first-order valence-electron chi connectivity index (χ1n) is 7.74. The molecule has 0 saturated heterocycles. The molecule has 0 radical (unpaired) electrons. The van der Waals surface area contributed by atoms with Gasteiger partial charge in [0.15, 0.2) is 0 Å². The van der Waals surface area contributed by atoms with E-state index in [9.17, 15) is 9.50 Å². The topological polar surface area (TPSA) is 65.4 Å². The van der Waals surface area contributed by atoms with E-state index in [0.29, 0.717) is 11.1 Å². The number of pyridine rings is 1. The lowest BCUT2D eigenvalue weighted by molar-refractivity contribution is 0.105. The Bertz CT molecular complexity index is 703. The molecule has 0 saturated carbocycles. The molecule has 0 spiro atoms. The largest absolute Gasteiger partial charge is 0.394 e. The maximum atomic E-state index is 13.8. The SMILES string of the molecule is Cc1cc2c(NC[C@@H](O)CO)c3c(nc2cc1F)CCCC3. The van der Waals surface area contributed by atoms with E-state index in [1.807, 2.05) is 0 Å². The van der Waals surface area contributed by atoms with Gasteiger partial charge in [-0.15, -0.1) is 0 Å². The van der Waals surface area contributed by atoms with E-state index in [-0.39, 0.29) is 19.0 Å². The number of aryl methyl sites for hydroxylation is 2. The van der Waals surface area contributed by atoms with Crippen LogP contribution in [0.1, 0.15) is 29.7 Å². The molecule has 1 heterocycles. The maximum Gasteiger partial charge on any atom is 0.128 e. The Hall–Kier alpha value is -1.72. The van der Waals surface area contributed by atoms with Gasteiger partial charge in [0, 0.05) is 29.4 Å². The van der Waals surface area contributed by atoms with E-state index < -0.39 is 6.10 Å². The van der Waals surface area contributed by atoms with Crippen LogP contribution in [-0.4, -0.2) is 34.5 Å². The maximum absolute atomic E-state index is 13.8. The van der Waals surface area contributed by atoms with Crippen LogP contribution in [0.5, 0.6) is 0 Å². The average Bonchev–Trinajstić information content (AvgIpc) is 2.52. The zero-order valence-corrected chi connectivity index (χ0v) is 12.7. The van der Waals surface area contributed by atoms with E-state index in [2.05, 4.69) is 10.3 Å². The first-order chi connectivity index (χ1) is 10.6. The molecule has 1 aromatic carbocycles. The monoisotopic (exact) mass is 304 g/mol. The molecule has 2 aromatic rings. The Morgan fingerprint density at radius 1 is 1.32 bits per heavy atom. The van der Waals surface area contributed by atoms with Crippen molar-refractivity contribution in [3.8, 4) is 0 Å². The fraction of sp³-hybridized carbons (Fsp3) is 0.471. The van der Waals surface area contributed by atoms with Crippen LogP contribution in [0.2, 0.25) is 0 Å². The number of rotatable bonds is 4. The summed E-state index contributed by atoms with van der Waals surface area (Å²) >= 11 is 0.